The number of rotatable bonds is 27. The number of ketones is 2. The van der Waals surface area contributed by atoms with Crippen LogP contribution in [0, 0.1) is 0 Å². The number of phosphoric acid groups is 6. The van der Waals surface area contributed by atoms with Gasteiger partial charge in [-0.2, -0.15) is 0 Å². The molecule has 69 heteroatoms. The predicted octanol–water partition coefficient (Wildman–Crippen LogP) is -35.1. The Morgan fingerprint density at radius 1 is 0.417 bits per heavy atom. The fourth-order valence-electron chi connectivity index (χ4n) is 9.92. The third kappa shape index (κ3) is 30.6. The van der Waals surface area contributed by atoms with Gasteiger partial charge in [0.1, 0.15) is 122 Å². The van der Waals surface area contributed by atoms with Crippen LogP contribution < -0.4 is 240 Å². The van der Waals surface area contributed by atoms with Gasteiger partial charge in [0, 0.05) is 36.8 Å². The van der Waals surface area contributed by atoms with Gasteiger partial charge in [0.2, 0.25) is 12.1 Å². The van der Waals surface area contributed by atoms with Gasteiger partial charge in [0.05, 0.1) is 26.4 Å². The van der Waals surface area contributed by atoms with Crippen molar-refractivity contribution in [1.82, 2.24) is 28.7 Å². The molecule has 618 valence electrons. The maximum atomic E-state index is 12.1. The molecule has 18 N–H and O–H groups in total. The molecule has 9 heterocycles. The van der Waals surface area contributed by atoms with Crippen molar-refractivity contribution in [3.63, 3.8) is 0 Å². The van der Waals surface area contributed by atoms with E-state index in [4.69, 9.17) is 24.1 Å². The largest absolute Gasteiger partial charge is 1.00 e. The number of aliphatic hydroxyl groups is 15. The summed E-state index contributed by atoms with van der Waals surface area (Å²) in [6.45, 7) is -3.46. The number of aromatic amines is 3. The van der Waals surface area contributed by atoms with Crippen molar-refractivity contribution >= 4 is 64.8 Å². The Balaban J connectivity index is 0.000000841. The fourth-order valence-corrected chi connectivity index (χ4v) is 16.1. The molecule has 0 saturated carbocycles. The van der Waals surface area contributed by atoms with Gasteiger partial charge in [0.15, 0.2) is 43.3 Å². The monoisotopic (exact) mass is 1840 g/mol. The first-order chi connectivity index (χ1) is 50.3. The Kier molecular flexibility index (Phi) is 47.3. The molecule has 0 aliphatic carbocycles. The molecule has 115 heavy (non-hydrogen) atoms. The second kappa shape index (κ2) is 47.7. The van der Waals surface area contributed by atoms with E-state index in [0.717, 1.165) is 43.7 Å². The van der Waals surface area contributed by atoms with Crippen molar-refractivity contribution in [2.45, 2.75) is 167 Å². The Labute approximate surface area is 770 Å². The van der Waals surface area contributed by atoms with E-state index in [-0.39, 0.29) is 184 Å². The van der Waals surface area contributed by atoms with Gasteiger partial charge >= 0.3 is 194 Å². The van der Waals surface area contributed by atoms with E-state index in [0.29, 0.717) is 13.7 Å². The van der Waals surface area contributed by atoms with Crippen LogP contribution in [-0.2, 0) is 110 Å². The molecule has 6 fully saturated rings. The summed E-state index contributed by atoms with van der Waals surface area (Å²) in [5.74, 6) is -2.40. The Morgan fingerprint density at radius 2 is 0.730 bits per heavy atom. The smallest absolute Gasteiger partial charge is 0.756 e. The molecule has 0 aromatic carbocycles. The molecule has 0 spiro atoms. The molecule has 32 unspecified atom stereocenters. The zero-order valence-electron chi connectivity index (χ0n) is 59.8. The maximum Gasteiger partial charge on any atom is 1.00 e. The number of Topliss-reactive ketones (excluding diaryl/α,β-unsaturated/α-hetero) is 2. The molecule has 0 amide bonds. The Hall–Kier alpha value is 0.990. The number of hydrogen-bond acceptors (Lipinski definition) is 51. The van der Waals surface area contributed by atoms with Crippen molar-refractivity contribution in [1.29, 1.82) is 0 Å². The third-order valence-corrected chi connectivity index (χ3v) is 22.9. The summed E-state index contributed by atoms with van der Waals surface area (Å²) in [5, 5.41) is 147. The number of carbonyl (C=O) groups is 3. The quantitative estimate of drug-likeness (QED) is 0.0191. The SMILES string of the molecule is CC(=O)C1OC(OP(=O)([O-])OP(=O)([O-])OCC2OC(n3ccc(=O)[nH]c3=O)C(O)C2O)C(O)C(O)C1O.O=C1C(OP(=O)([O-])OP(=O)([O-])OCC2OC(n3ccc(=O)[nH]c3=O)C(O)C2O)OC(CO)C(O)C1O.O=CC1OC(OP(=O)([O-])OP(=O)([O-])OCC2OC(n3ccc(=O)[nH]c3=O)C(O)C2O)C(O)C(O)C1O.[Na+].[Na+].[Na+].[Na+].[Na+].[Na+]. The van der Waals surface area contributed by atoms with Gasteiger partial charge < -0.3 is 153 Å². The number of aliphatic hydroxyl groups excluding tert-OH is 15. The van der Waals surface area contributed by atoms with E-state index in [1.807, 2.05) is 15.0 Å². The summed E-state index contributed by atoms with van der Waals surface area (Å²) >= 11 is 0. The number of H-pyrrole nitrogens is 3. The standard InChI is InChI=1S/C16H24N2O17P2.2C15H22N2O17P2.6Na/c1-5(19)13-10(23)9(22)12(25)15(33-13)34-37(29,30)35-36(27,28)31-4-6-8(21)11(24)14(32-6)18-3-2-7(20)17-16(18)26;2*18-3-5-8(20)10(22)12(24)14(32-5)33-36(28,29)34-35(26,27)30-4-6-9(21)11(23)13(31-6)17-2-1-7(19)16-15(17)25;;;;;;/h2-3,6,8-15,21-25H,4H2,1H3,(H,27,28)(H,29,30)(H,17,20,26);1-2,5-6,8-11,13-14,18,20-23H,3-4H2,(H,26,27)(H,28,29)(H,16,19,25);1-3,5-6,8-14,20-24H,4H2,(H,26,27)(H,28,29)(H,16,19,25);;;;;;/q;;;6*+1/p-6. The van der Waals surface area contributed by atoms with Crippen LogP contribution in [-0.4, -0.2) is 290 Å². The second-order valence-electron chi connectivity index (χ2n) is 22.9. The summed E-state index contributed by atoms with van der Waals surface area (Å²) < 4.78 is 141. The molecule has 0 bridgehead atoms. The van der Waals surface area contributed by atoms with E-state index in [2.05, 4.69) is 49.5 Å². The molecule has 32 atom stereocenters. The summed E-state index contributed by atoms with van der Waals surface area (Å²) in [4.78, 5) is 181. The molecule has 6 aliphatic heterocycles. The molecule has 6 aliphatic rings. The summed E-state index contributed by atoms with van der Waals surface area (Å²) in [6.07, 6.45) is -47.1. The second-order valence-corrected chi connectivity index (χ2v) is 31.7. The van der Waals surface area contributed by atoms with Crippen molar-refractivity contribution in [3.8, 4) is 0 Å². The zero-order valence-corrected chi connectivity index (χ0v) is 77.2. The molecule has 3 aromatic rings. The van der Waals surface area contributed by atoms with E-state index < -0.39 is 278 Å². The van der Waals surface area contributed by atoms with Crippen molar-refractivity contribution < 1.29 is 394 Å². The molecule has 0 radical (unpaired) electrons. The van der Waals surface area contributed by atoms with Crippen molar-refractivity contribution in [2.75, 3.05) is 26.4 Å². The van der Waals surface area contributed by atoms with Gasteiger partial charge in [-0.3, -0.25) is 93.6 Å². The van der Waals surface area contributed by atoms with Crippen LogP contribution in [0.1, 0.15) is 25.6 Å². The van der Waals surface area contributed by atoms with Gasteiger partial charge in [-0.1, -0.05) is 0 Å². The van der Waals surface area contributed by atoms with Crippen LogP contribution in [0.5, 0.6) is 0 Å². The van der Waals surface area contributed by atoms with E-state index in [9.17, 15) is 171 Å². The number of ether oxygens (including phenoxy) is 6. The van der Waals surface area contributed by atoms with Crippen LogP contribution in [0.25, 0.3) is 0 Å². The average Bonchev–Trinajstić information content (AvgIpc) is 1.54. The van der Waals surface area contributed by atoms with Crippen LogP contribution >= 0.6 is 46.9 Å². The Morgan fingerprint density at radius 3 is 1.03 bits per heavy atom. The molecular weight excluding hydrogens is 1780 g/mol. The van der Waals surface area contributed by atoms with E-state index in [1.54, 1.807) is 0 Å². The summed E-state index contributed by atoms with van der Waals surface area (Å²) in [7, 11) is -35.3. The molecule has 57 nitrogen and oxygen atoms in total. The van der Waals surface area contributed by atoms with Crippen LogP contribution in [0.3, 0.4) is 0 Å². The number of carbonyl (C=O) groups excluding carboxylic acids is 3. The predicted molar refractivity (Wildman–Crippen MR) is 315 cm³/mol. The number of phosphoric ester groups is 6. The minimum atomic E-state index is -5.97. The van der Waals surface area contributed by atoms with E-state index in [1.165, 1.54) is 0 Å². The van der Waals surface area contributed by atoms with Gasteiger partial charge in [-0.15, -0.1) is 0 Å². The zero-order chi connectivity index (χ0) is 81.9. The number of hydrogen-bond donors (Lipinski definition) is 18. The fraction of sp³-hybridized carbons (Fsp3) is 0.674. The molecule has 6 saturated heterocycles. The molecule has 3 aromatic heterocycles. The third-order valence-electron chi connectivity index (χ3n) is 15.3. The summed E-state index contributed by atoms with van der Waals surface area (Å²) in [6, 6.07) is 2.72. The summed E-state index contributed by atoms with van der Waals surface area (Å²) in [5.41, 5.74) is -5.37. The molecule has 9 rings (SSSR count). The number of aldehydes is 1. The normalized spacial score (nSPS) is 35.4. The minimum absolute atomic E-state index is 0. The minimum Gasteiger partial charge on any atom is -0.756 e. The van der Waals surface area contributed by atoms with Crippen LogP contribution in [0.2, 0.25) is 0 Å². The van der Waals surface area contributed by atoms with Gasteiger partial charge in [-0.25, -0.2) is 27.3 Å². The maximum absolute atomic E-state index is 12.1. The first-order valence-corrected chi connectivity index (χ1v) is 38.6. The number of nitrogens with one attached hydrogen (secondary N) is 3. The first-order valence-electron chi connectivity index (χ1n) is 29.8. The average molecular weight is 1840 g/mol. The van der Waals surface area contributed by atoms with Gasteiger partial charge in [-0.05, 0) is 6.92 Å². The van der Waals surface area contributed by atoms with Crippen LogP contribution in [0.4, 0.5) is 0 Å². The van der Waals surface area contributed by atoms with Crippen LogP contribution in [0.15, 0.2) is 65.6 Å². The van der Waals surface area contributed by atoms with Crippen molar-refractivity contribution in [2.24, 2.45) is 0 Å². The van der Waals surface area contributed by atoms with Crippen molar-refractivity contribution in [3.05, 3.63) is 99.3 Å². The topological polar surface area (TPSA) is 898 Å². The van der Waals surface area contributed by atoms with E-state index >= 15 is 0 Å². The number of nitrogens with zero attached hydrogens (tertiary/aromatic N) is 3. The number of aromatic nitrogens is 6. The molecular formula is C46H62N6Na6O51P6. The Bertz CT molecular complexity index is 4410. The van der Waals surface area contributed by atoms with Gasteiger partial charge in [0.25, 0.3) is 63.6 Å². The first kappa shape index (κ1) is 114.